The van der Waals surface area contributed by atoms with E-state index < -0.39 is 0 Å². The normalized spacial score (nSPS) is 40.8. The van der Waals surface area contributed by atoms with E-state index in [0.717, 1.165) is 12.8 Å². The molecule has 0 aromatic heterocycles. The van der Waals surface area contributed by atoms with Crippen molar-refractivity contribution in [3.05, 3.63) is 46.7 Å². The molecule has 0 saturated heterocycles. The van der Waals surface area contributed by atoms with Crippen molar-refractivity contribution in [3.8, 4) is 0 Å². The molecule has 1 heteroatoms. The van der Waals surface area contributed by atoms with Gasteiger partial charge in [0, 0.05) is 16.5 Å². The Labute approximate surface area is 147 Å². The number of nitrogens with two attached hydrogens (primary N) is 1. The van der Waals surface area contributed by atoms with Gasteiger partial charge in [0.15, 0.2) is 0 Å². The van der Waals surface area contributed by atoms with Gasteiger partial charge in [-0.25, -0.2) is 0 Å². The summed E-state index contributed by atoms with van der Waals surface area (Å²) in [6.07, 6.45) is 18.0. The van der Waals surface area contributed by atoms with Crippen molar-refractivity contribution in [2.24, 2.45) is 27.9 Å². The first kappa shape index (κ1) is 16.2. The van der Waals surface area contributed by atoms with Gasteiger partial charge in [0.05, 0.1) is 0 Å². The Kier molecular flexibility index (Phi) is 3.47. The molecule has 4 aliphatic rings. The van der Waals surface area contributed by atoms with E-state index in [-0.39, 0.29) is 16.2 Å². The fraction of sp³-hybridized carbons (Fsp3) is 0.652. The topological polar surface area (TPSA) is 26.0 Å². The molecule has 3 unspecified atom stereocenters. The highest BCUT2D eigenvalue weighted by Crippen LogP contribution is 2.70. The van der Waals surface area contributed by atoms with Crippen LogP contribution in [0.1, 0.15) is 72.6 Å². The number of hydrogen-bond donors (Lipinski definition) is 1. The summed E-state index contributed by atoms with van der Waals surface area (Å²) in [5.74, 6) is 0.709. The average molecular weight is 324 g/mol. The maximum Gasteiger partial charge on any atom is 0.0126 e. The first-order valence-corrected chi connectivity index (χ1v) is 9.89. The molecule has 4 rings (SSSR count). The van der Waals surface area contributed by atoms with Gasteiger partial charge >= 0.3 is 0 Å². The lowest BCUT2D eigenvalue weighted by molar-refractivity contribution is 0.0963. The van der Waals surface area contributed by atoms with Crippen LogP contribution in [0.5, 0.6) is 0 Å². The lowest BCUT2D eigenvalue weighted by atomic mass is 9.50. The Hall–Kier alpha value is -1.24. The van der Waals surface area contributed by atoms with Gasteiger partial charge in [-0.3, -0.25) is 0 Å². The molecule has 0 fully saturated rings. The van der Waals surface area contributed by atoms with Crippen LogP contribution in [0.25, 0.3) is 0 Å². The molecule has 130 valence electrons. The molecule has 0 heterocycles. The summed E-state index contributed by atoms with van der Waals surface area (Å²) in [6, 6.07) is 0. The summed E-state index contributed by atoms with van der Waals surface area (Å²) in [4.78, 5) is 0. The second-order valence-corrected chi connectivity index (χ2v) is 9.44. The zero-order valence-corrected chi connectivity index (χ0v) is 15.9. The predicted molar refractivity (Wildman–Crippen MR) is 102 cm³/mol. The summed E-state index contributed by atoms with van der Waals surface area (Å²) in [5, 5.41) is 0. The van der Waals surface area contributed by atoms with Gasteiger partial charge in [-0.2, -0.15) is 0 Å². The van der Waals surface area contributed by atoms with Gasteiger partial charge in [0.2, 0.25) is 0 Å². The summed E-state index contributed by atoms with van der Waals surface area (Å²) in [5.41, 5.74) is 13.6. The molecule has 0 aromatic rings. The van der Waals surface area contributed by atoms with Crippen LogP contribution in [0.2, 0.25) is 0 Å². The van der Waals surface area contributed by atoms with E-state index in [4.69, 9.17) is 5.73 Å². The fourth-order valence-corrected chi connectivity index (χ4v) is 6.71. The second-order valence-electron chi connectivity index (χ2n) is 9.44. The van der Waals surface area contributed by atoms with Crippen LogP contribution < -0.4 is 5.73 Å². The third kappa shape index (κ3) is 1.87. The van der Waals surface area contributed by atoms with Crippen LogP contribution in [0.4, 0.5) is 0 Å². The van der Waals surface area contributed by atoms with E-state index in [0.29, 0.717) is 5.92 Å². The van der Waals surface area contributed by atoms with Gasteiger partial charge in [0.25, 0.3) is 0 Å². The maximum atomic E-state index is 6.75. The maximum absolute atomic E-state index is 6.75. The summed E-state index contributed by atoms with van der Waals surface area (Å²) in [6.45, 7) is 9.99. The fourth-order valence-electron chi connectivity index (χ4n) is 6.71. The average Bonchev–Trinajstić information content (AvgIpc) is 2.72. The summed E-state index contributed by atoms with van der Waals surface area (Å²) in [7, 11) is 0. The van der Waals surface area contributed by atoms with Crippen molar-refractivity contribution < 1.29 is 0 Å². The van der Waals surface area contributed by atoms with Crippen LogP contribution in [0, 0.1) is 22.2 Å². The summed E-state index contributed by atoms with van der Waals surface area (Å²) >= 11 is 0. The molecule has 0 radical (unpaired) electrons. The lowest BCUT2D eigenvalue weighted by Crippen LogP contribution is -2.47. The molecule has 0 bridgehead atoms. The van der Waals surface area contributed by atoms with Crippen molar-refractivity contribution in [2.45, 2.75) is 72.6 Å². The van der Waals surface area contributed by atoms with E-state index in [1.54, 1.807) is 11.1 Å². The minimum atomic E-state index is 0.0815. The van der Waals surface area contributed by atoms with Gasteiger partial charge in [-0.05, 0) is 61.9 Å². The highest BCUT2D eigenvalue weighted by molar-refractivity contribution is 5.49. The van der Waals surface area contributed by atoms with Crippen LogP contribution in [0.3, 0.4) is 0 Å². The number of fused-ring (bicyclic) bond motifs is 2. The van der Waals surface area contributed by atoms with E-state index in [1.807, 2.05) is 5.57 Å². The second kappa shape index (κ2) is 5.13. The molecule has 0 spiro atoms. The smallest absolute Gasteiger partial charge is 0.0126 e. The molecule has 0 amide bonds. The van der Waals surface area contributed by atoms with E-state index >= 15 is 0 Å². The van der Waals surface area contributed by atoms with Gasteiger partial charge < -0.3 is 5.73 Å². The van der Waals surface area contributed by atoms with Crippen LogP contribution >= 0.6 is 0 Å². The third-order valence-corrected chi connectivity index (χ3v) is 8.05. The van der Waals surface area contributed by atoms with Crippen molar-refractivity contribution in [1.29, 1.82) is 0 Å². The first-order valence-electron chi connectivity index (χ1n) is 9.89. The Morgan fingerprint density at radius 1 is 1.00 bits per heavy atom. The van der Waals surface area contributed by atoms with Gasteiger partial charge in [0.1, 0.15) is 0 Å². The SMILES string of the molecule is CC1(C2=C(N)CCC3C4=C(CCCC4)C(C)(C)C23C)C=CC=CC1. The Morgan fingerprint density at radius 3 is 2.46 bits per heavy atom. The molecule has 0 saturated carbocycles. The predicted octanol–water partition coefficient (Wildman–Crippen LogP) is 6.05. The molecular formula is C23H33N. The number of hydrogen-bond acceptors (Lipinski definition) is 1. The molecule has 2 N–H and O–H groups in total. The van der Waals surface area contributed by atoms with Gasteiger partial charge in [-0.15, -0.1) is 0 Å². The molecule has 1 nitrogen and oxygen atoms in total. The Balaban J connectivity index is 1.90. The molecule has 3 atom stereocenters. The van der Waals surface area contributed by atoms with Crippen LogP contribution in [0.15, 0.2) is 46.7 Å². The number of rotatable bonds is 1. The first-order chi connectivity index (χ1) is 11.3. The minimum Gasteiger partial charge on any atom is -0.402 e. The highest BCUT2D eigenvalue weighted by Gasteiger charge is 2.61. The molecule has 24 heavy (non-hydrogen) atoms. The zero-order valence-electron chi connectivity index (χ0n) is 15.9. The highest BCUT2D eigenvalue weighted by atomic mass is 14.7. The number of allylic oxidation sites excluding steroid dienone is 8. The van der Waals surface area contributed by atoms with Crippen LogP contribution in [-0.4, -0.2) is 0 Å². The summed E-state index contributed by atoms with van der Waals surface area (Å²) < 4.78 is 0. The van der Waals surface area contributed by atoms with E-state index in [1.165, 1.54) is 37.8 Å². The van der Waals surface area contributed by atoms with Crippen molar-refractivity contribution >= 4 is 0 Å². The quantitative estimate of drug-likeness (QED) is 0.584. The Bertz CT molecular complexity index is 687. The van der Waals surface area contributed by atoms with E-state index in [9.17, 15) is 0 Å². The molecular weight excluding hydrogens is 290 g/mol. The third-order valence-electron chi connectivity index (χ3n) is 8.05. The van der Waals surface area contributed by atoms with Crippen molar-refractivity contribution in [2.75, 3.05) is 0 Å². The standard InChI is InChI=1S/C23H33N/c1-21(2)17-11-7-6-10-16(17)18-12-13-19(24)20(23(18,21)4)22(3)14-8-5-9-15-22/h5,8-9,14,18H,6-7,10-13,15,24H2,1-4H3. The lowest BCUT2D eigenvalue weighted by Gasteiger charge is -2.54. The molecule has 4 aliphatic carbocycles. The molecule has 0 aliphatic heterocycles. The minimum absolute atomic E-state index is 0.0815. The van der Waals surface area contributed by atoms with Gasteiger partial charge in [-0.1, -0.05) is 63.1 Å². The largest absolute Gasteiger partial charge is 0.402 e. The van der Waals surface area contributed by atoms with Crippen molar-refractivity contribution in [3.63, 3.8) is 0 Å². The molecule has 0 aromatic carbocycles. The monoisotopic (exact) mass is 323 g/mol. The van der Waals surface area contributed by atoms with Crippen LogP contribution in [-0.2, 0) is 0 Å². The zero-order chi connectivity index (χ0) is 17.2. The Morgan fingerprint density at radius 2 is 1.75 bits per heavy atom. The van der Waals surface area contributed by atoms with E-state index in [2.05, 4.69) is 52.0 Å². The van der Waals surface area contributed by atoms with Crippen molar-refractivity contribution in [1.82, 2.24) is 0 Å².